The van der Waals surface area contributed by atoms with E-state index >= 15 is 0 Å². The summed E-state index contributed by atoms with van der Waals surface area (Å²) in [5.41, 5.74) is 3.14. The maximum absolute atomic E-state index is 6.18. The van der Waals surface area contributed by atoms with Crippen molar-refractivity contribution in [2.75, 3.05) is 20.3 Å². The van der Waals surface area contributed by atoms with Crippen molar-refractivity contribution < 1.29 is 14.4 Å². The molecule has 0 radical (unpaired) electrons. The van der Waals surface area contributed by atoms with Gasteiger partial charge < -0.3 is 14.4 Å². The van der Waals surface area contributed by atoms with Crippen molar-refractivity contribution in [3.05, 3.63) is 63.6 Å². The van der Waals surface area contributed by atoms with Crippen LogP contribution < -0.4 is 4.74 Å². The molecule has 2 aromatic rings. The van der Waals surface area contributed by atoms with Crippen LogP contribution in [0.4, 0.5) is 0 Å². The Kier molecular flexibility index (Phi) is 9.11. The summed E-state index contributed by atoms with van der Waals surface area (Å²) in [6.07, 6.45) is 1.63. The first-order chi connectivity index (χ1) is 13.5. The van der Waals surface area contributed by atoms with Crippen LogP contribution in [0.2, 0.25) is 10.0 Å². The highest BCUT2D eigenvalue weighted by atomic mass is 35.5. The number of aryl methyl sites for hydroxylation is 1. The summed E-state index contributed by atoms with van der Waals surface area (Å²) in [5.74, 6) is 0.776. The quantitative estimate of drug-likeness (QED) is 0.277. The smallest absolute Gasteiger partial charge is 0.134 e. The van der Waals surface area contributed by atoms with Crippen molar-refractivity contribution in [3.63, 3.8) is 0 Å². The zero-order valence-corrected chi connectivity index (χ0v) is 17.8. The molecule has 7 heteroatoms. The lowest BCUT2D eigenvalue weighted by molar-refractivity contribution is 0.159. The second-order valence-electron chi connectivity index (χ2n) is 5.93. The lowest BCUT2D eigenvalue weighted by Crippen LogP contribution is -2.13. The molecule has 0 aliphatic heterocycles. The Hall–Kier alpha value is -2.24. The van der Waals surface area contributed by atoms with E-state index in [-0.39, 0.29) is 0 Å². The zero-order valence-electron chi connectivity index (χ0n) is 16.2. The molecule has 2 rings (SSSR count). The number of ether oxygens (including phenoxy) is 1. The minimum atomic E-state index is 0.474. The molecule has 0 aromatic heterocycles. The molecule has 0 heterocycles. The normalized spacial score (nSPS) is 12.0. The predicted octanol–water partition coefficient (Wildman–Crippen LogP) is 5.77. The van der Waals surface area contributed by atoms with Gasteiger partial charge in [-0.15, -0.1) is 0 Å². The molecule has 0 spiro atoms. The molecule has 0 atom stereocenters. The van der Waals surface area contributed by atoms with E-state index in [4.69, 9.17) is 37.6 Å². The number of hydrogen-bond donors (Lipinski definition) is 0. The molecule has 0 N–H and O–H groups in total. The monoisotopic (exact) mass is 422 g/mol. The topological polar surface area (TPSA) is 52.4 Å². The lowest BCUT2D eigenvalue weighted by atomic mass is 10.1. The molecule has 0 unspecified atom stereocenters. The molecule has 5 nitrogen and oxygen atoms in total. The third-order valence-electron chi connectivity index (χ3n) is 3.85. The number of oxime groups is 2. The summed E-state index contributed by atoms with van der Waals surface area (Å²) >= 11 is 12.2. The van der Waals surface area contributed by atoms with E-state index in [2.05, 4.69) is 10.3 Å². The predicted molar refractivity (Wildman–Crippen MR) is 115 cm³/mol. The Labute approximate surface area is 175 Å². The van der Waals surface area contributed by atoms with Crippen LogP contribution in [0.3, 0.4) is 0 Å². The second kappa shape index (κ2) is 11.6. The van der Waals surface area contributed by atoms with Crippen LogP contribution in [-0.4, -0.2) is 31.7 Å². The van der Waals surface area contributed by atoms with Crippen molar-refractivity contribution >= 4 is 34.6 Å². The van der Waals surface area contributed by atoms with Crippen LogP contribution in [0, 0.1) is 0 Å². The van der Waals surface area contributed by atoms with Crippen molar-refractivity contribution in [3.8, 4) is 5.75 Å². The summed E-state index contributed by atoms with van der Waals surface area (Å²) < 4.78 is 5.82. The first-order valence-electron chi connectivity index (χ1n) is 9.00. The van der Waals surface area contributed by atoms with Gasteiger partial charge in [0.2, 0.25) is 0 Å². The molecule has 0 aliphatic carbocycles. The van der Waals surface area contributed by atoms with Crippen LogP contribution in [0.5, 0.6) is 5.75 Å². The molecule has 0 aliphatic rings. The number of rotatable bonds is 10. The number of halogens is 2. The van der Waals surface area contributed by atoms with E-state index in [1.165, 1.54) is 7.11 Å². The molecule has 0 fully saturated rings. The fraction of sp³-hybridized carbons (Fsp3) is 0.333. The molecular formula is C21H24Cl2N2O3. The minimum absolute atomic E-state index is 0.474. The molecule has 0 bridgehead atoms. The van der Waals surface area contributed by atoms with Gasteiger partial charge in [-0.25, -0.2) is 0 Å². The summed E-state index contributed by atoms with van der Waals surface area (Å²) in [7, 11) is 1.50. The van der Waals surface area contributed by atoms with Crippen LogP contribution in [-0.2, 0) is 16.1 Å². The second-order valence-corrected chi connectivity index (χ2v) is 6.77. The number of hydrogen-bond acceptors (Lipinski definition) is 5. The molecule has 150 valence electrons. The standard InChI is InChI=1S/C21H24Cl2N2O3/c1-4-28-25-21(15(2)24-26-3)16-7-10-19(11-8-16)27-13-5-6-17-14-18(22)9-12-20(17)23/h7-12,14H,4-6,13H2,1-3H3/b24-15+,25-21+. The fourth-order valence-corrected chi connectivity index (χ4v) is 2.94. The average molecular weight is 423 g/mol. The van der Waals surface area contributed by atoms with Crippen molar-refractivity contribution in [1.29, 1.82) is 0 Å². The van der Waals surface area contributed by atoms with Crippen LogP contribution in [0.15, 0.2) is 52.8 Å². The van der Waals surface area contributed by atoms with Gasteiger partial charge in [-0.2, -0.15) is 0 Å². The van der Waals surface area contributed by atoms with E-state index < -0.39 is 0 Å². The van der Waals surface area contributed by atoms with Crippen LogP contribution in [0.1, 0.15) is 31.4 Å². The highest BCUT2D eigenvalue weighted by molar-refractivity contribution is 6.47. The Morgan fingerprint density at radius 3 is 2.46 bits per heavy atom. The molecule has 0 saturated heterocycles. The molecule has 2 aromatic carbocycles. The third-order valence-corrected chi connectivity index (χ3v) is 4.45. The van der Waals surface area contributed by atoms with E-state index in [9.17, 15) is 0 Å². The van der Waals surface area contributed by atoms with E-state index in [1.807, 2.05) is 50.2 Å². The largest absolute Gasteiger partial charge is 0.494 e. The van der Waals surface area contributed by atoms with Crippen LogP contribution in [0.25, 0.3) is 0 Å². The van der Waals surface area contributed by atoms with Crippen molar-refractivity contribution in [1.82, 2.24) is 0 Å². The summed E-state index contributed by atoms with van der Waals surface area (Å²) in [4.78, 5) is 10.0. The van der Waals surface area contributed by atoms with Gasteiger partial charge in [-0.3, -0.25) is 0 Å². The SMILES string of the molecule is CCO/N=C(\C(C)=N\OC)c1ccc(OCCCc2cc(Cl)ccc2Cl)cc1. The highest BCUT2D eigenvalue weighted by Gasteiger charge is 2.10. The number of nitrogens with zero attached hydrogens (tertiary/aromatic N) is 2. The Balaban J connectivity index is 1.94. The van der Waals surface area contributed by atoms with Crippen molar-refractivity contribution in [2.45, 2.75) is 26.7 Å². The molecule has 0 saturated carbocycles. The first-order valence-corrected chi connectivity index (χ1v) is 9.76. The Bertz CT molecular complexity index is 821. The van der Waals surface area contributed by atoms with Gasteiger partial charge in [0.25, 0.3) is 0 Å². The summed E-state index contributed by atoms with van der Waals surface area (Å²) in [5, 5.41) is 9.47. The van der Waals surface area contributed by atoms with Gasteiger partial charge in [-0.1, -0.05) is 33.5 Å². The number of benzene rings is 2. The summed E-state index contributed by atoms with van der Waals surface area (Å²) in [6, 6.07) is 13.1. The Morgan fingerprint density at radius 1 is 1.04 bits per heavy atom. The van der Waals surface area contributed by atoms with E-state index in [0.717, 1.165) is 34.7 Å². The lowest BCUT2D eigenvalue weighted by Gasteiger charge is -2.09. The average Bonchev–Trinajstić information content (AvgIpc) is 2.69. The maximum Gasteiger partial charge on any atom is 0.134 e. The van der Waals surface area contributed by atoms with Gasteiger partial charge >= 0.3 is 0 Å². The van der Waals surface area contributed by atoms with Gasteiger partial charge in [0.05, 0.1) is 6.61 Å². The van der Waals surface area contributed by atoms with E-state index in [0.29, 0.717) is 29.7 Å². The van der Waals surface area contributed by atoms with E-state index in [1.54, 1.807) is 6.07 Å². The molecular weight excluding hydrogens is 399 g/mol. The zero-order chi connectivity index (χ0) is 20.4. The first kappa shape index (κ1) is 22.1. The Morgan fingerprint density at radius 2 is 1.79 bits per heavy atom. The molecule has 28 heavy (non-hydrogen) atoms. The fourth-order valence-electron chi connectivity index (χ4n) is 2.53. The van der Waals surface area contributed by atoms with Gasteiger partial charge in [0.15, 0.2) is 0 Å². The summed E-state index contributed by atoms with van der Waals surface area (Å²) in [6.45, 7) is 4.73. The highest BCUT2D eigenvalue weighted by Crippen LogP contribution is 2.22. The maximum atomic E-state index is 6.18. The van der Waals surface area contributed by atoms with Gasteiger partial charge in [0.1, 0.15) is 30.9 Å². The van der Waals surface area contributed by atoms with Crippen LogP contribution >= 0.6 is 23.2 Å². The van der Waals surface area contributed by atoms with Crippen molar-refractivity contribution in [2.24, 2.45) is 10.3 Å². The van der Waals surface area contributed by atoms with Gasteiger partial charge in [-0.05, 0) is 74.7 Å². The third kappa shape index (κ3) is 6.73. The van der Waals surface area contributed by atoms with Gasteiger partial charge in [0, 0.05) is 15.6 Å². The minimum Gasteiger partial charge on any atom is -0.494 e. The molecule has 0 amide bonds.